The average molecular weight is 573 g/mol. The number of carbonyl (C=O) groups is 4. The van der Waals surface area contributed by atoms with E-state index in [1.807, 2.05) is 43.3 Å². The number of anilines is 2. The predicted molar refractivity (Wildman–Crippen MR) is 163 cm³/mol. The number of hydrogen-bond acceptors (Lipinski definition) is 5. The number of imide groups is 2. The molecule has 2 heterocycles. The standard InChI is InChI=1S/C36H32N2O5/c1-4-21-13-15-23(16-14-21)37-32(40)25-18-17-24-27(29(25)34(37)42)19-28-33(41)38(22-10-6-5-7-11-22)35(43)36(28,3)30(24)26-12-8-9-20(2)31(26)39/h4-17,25,27-30,39H,1,18-19H2,2-3H3. The molecule has 3 fully saturated rings. The van der Waals surface area contributed by atoms with Gasteiger partial charge in [-0.25, -0.2) is 4.90 Å². The van der Waals surface area contributed by atoms with Crippen molar-refractivity contribution in [2.45, 2.75) is 32.6 Å². The number of aromatic hydroxyl groups is 1. The van der Waals surface area contributed by atoms with Crippen LogP contribution in [0.15, 0.2) is 91.0 Å². The van der Waals surface area contributed by atoms with E-state index in [9.17, 15) is 24.3 Å². The van der Waals surface area contributed by atoms with E-state index in [-0.39, 0.29) is 35.8 Å². The maximum Gasteiger partial charge on any atom is 0.241 e. The third kappa shape index (κ3) is 3.67. The summed E-state index contributed by atoms with van der Waals surface area (Å²) in [6, 6.07) is 21.5. The topological polar surface area (TPSA) is 95.0 Å². The molecule has 7 nitrogen and oxygen atoms in total. The first-order valence-corrected chi connectivity index (χ1v) is 14.7. The summed E-state index contributed by atoms with van der Waals surface area (Å²) in [7, 11) is 0. The first-order valence-electron chi connectivity index (χ1n) is 14.7. The lowest BCUT2D eigenvalue weighted by Gasteiger charge is -2.49. The van der Waals surface area contributed by atoms with Crippen molar-refractivity contribution in [1.82, 2.24) is 0 Å². The van der Waals surface area contributed by atoms with Crippen LogP contribution >= 0.6 is 0 Å². The van der Waals surface area contributed by atoms with E-state index < -0.39 is 35.0 Å². The van der Waals surface area contributed by atoms with Crippen LogP contribution in [0.5, 0.6) is 5.75 Å². The Labute approximate surface area is 250 Å². The number of para-hydroxylation sites is 2. The van der Waals surface area contributed by atoms with Gasteiger partial charge in [0.2, 0.25) is 23.6 Å². The van der Waals surface area contributed by atoms with Gasteiger partial charge in [0, 0.05) is 11.5 Å². The molecule has 2 aliphatic heterocycles. The molecular formula is C36H32N2O5. The Kier molecular flexibility index (Phi) is 6.06. The number of phenolic OH excluding ortho intramolecular Hbond substituents is 1. The smallest absolute Gasteiger partial charge is 0.241 e. The van der Waals surface area contributed by atoms with Crippen LogP contribution in [0, 0.1) is 36.0 Å². The lowest BCUT2D eigenvalue weighted by molar-refractivity contribution is -0.131. The SMILES string of the molecule is C=Cc1ccc(N2C(=O)C3CC=C4C(CC5C(=O)N(c6ccccc6)C(=O)C5(C)C4c4cccc(C)c4O)C3C2=O)cc1. The zero-order chi connectivity index (χ0) is 30.2. The van der Waals surface area contributed by atoms with Gasteiger partial charge in [0.15, 0.2) is 0 Å². The summed E-state index contributed by atoms with van der Waals surface area (Å²) in [5, 5.41) is 11.4. The van der Waals surface area contributed by atoms with E-state index in [0.717, 1.165) is 11.1 Å². The number of hydrogen-bond donors (Lipinski definition) is 1. The lowest BCUT2D eigenvalue weighted by atomic mass is 9.51. The van der Waals surface area contributed by atoms with Crippen LogP contribution in [0.4, 0.5) is 11.4 Å². The van der Waals surface area contributed by atoms with Crippen molar-refractivity contribution in [3.8, 4) is 5.75 Å². The van der Waals surface area contributed by atoms with E-state index in [1.165, 1.54) is 9.80 Å². The van der Waals surface area contributed by atoms with E-state index in [4.69, 9.17) is 0 Å². The predicted octanol–water partition coefficient (Wildman–Crippen LogP) is 5.78. The van der Waals surface area contributed by atoms with Gasteiger partial charge in [-0.3, -0.25) is 24.1 Å². The largest absolute Gasteiger partial charge is 0.507 e. The van der Waals surface area contributed by atoms with Crippen LogP contribution in [-0.2, 0) is 19.2 Å². The maximum atomic E-state index is 14.4. The second kappa shape index (κ2) is 9.63. The minimum Gasteiger partial charge on any atom is -0.507 e. The van der Waals surface area contributed by atoms with Gasteiger partial charge >= 0.3 is 0 Å². The Bertz CT molecular complexity index is 1740. The molecule has 0 radical (unpaired) electrons. The van der Waals surface area contributed by atoms with Gasteiger partial charge in [-0.05, 0) is 68.0 Å². The summed E-state index contributed by atoms with van der Waals surface area (Å²) in [5.74, 6) is -4.15. The molecule has 4 amide bonds. The fourth-order valence-electron chi connectivity index (χ4n) is 8.11. The molecule has 7 rings (SSSR count). The average Bonchev–Trinajstić information content (AvgIpc) is 3.39. The molecule has 7 heteroatoms. The Morgan fingerprint density at radius 2 is 1.53 bits per heavy atom. The number of rotatable bonds is 4. The fourth-order valence-corrected chi connectivity index (χ4v) is 8.11. The zero-order valence-electron chi connectivity index (χ0n) is 24.1. The second-order valence-electron chi connectivity index (χ2n) is 12.3. The van der Waals surface area contributed by atoms with Crippen LogP contribution in [0.25, 0.3) is 6.08 Å². The van der Waals surface area contributed by atoms with Crippen LogP contribution in [0.3, 0.4) is 0 Å². The van der Waals surface area contributed by atoms with Crippen LogP contribution in [0.1, 0.15) is 42.4 Å². The van der Waals surface area contributed by atoms with Gasteiger partial charge in [-0.1, -0.05) is 72.8 Å². The first kappa shape index (κ1) is 27.1. The van der Waals surface area contributed by atoms with Crippen molar-refractivity contribution in [3.05, 3.63) is 108 Å². The molecule has 6 atom stereocenters. The quantitative estimate of drug-likeness (QED) is 0.316. The molecule has 6 unspecified atom stereocenters. The number of nitrogens with zero attached hydrogens (tertiary/aromatic N) is 2. The third-order valence-corrected chi connectivity index (χ3v) is 10.3. The number of fused-ring (bicyclic) bond motifs is 4. The summed E-state index contributed by atoms with van der Waals surface area (Å²) in [6.07, 6.45) is 4.31. The summed E-state index contributed by atoms with van der Waals surface area (Å²) in [4.78, 5) is 59.1. The van der Waals surface area contributed by atoms with Gasteiger partial charge in [0.1, 0.15) is 5.75 Å². The number of carbonyl (C=O) groups excluding carboxylic acids is 4. The molecular weight excluding hydrogens is 540 g/mol. The molecule has 1 saturated carbocycles. The molecule has 0 bridgehead atoms. The highest BCUT2D eigenvalue weighted by molar-refractivity contribution is 6.25. The third-order valence-electron chi connectivity index (χ3n) is 10.3. The summed E-state index contributed by atoms with van der Waals surface area (Å²) < 4.78 is 0. The lowest BCUT2D eigenvalue weighted by Crippen LogP contribution is -2.49. The highest BCUT2D eigenvalue weighted by Gasteiger charge is 2.68. The van der Waals surface area contributed by atoms with Gasteiger partial charge < -0.3 is 5.11 Å². The molecule has 43 heavy (non-hydrogen) atoms. The van der Waals surface area contributed by atoms with Gasteiger partial charge in [0.25, 0.3) is 0 Å². The molecule has 2 aliphatic carbocycles. The molecule has 3 aromatic rings. The van der Waals surface area contributed by atoms with Crippen molar-refractivity contribution in [2.75, 3.05) is 9.80 Å². The maximum absolute atomic E-state index is 14.4. The summed E-state index contributed by atoms with van der Waals surface area (Å²) in [5.41, 5.74) is 2.76. The van der Waals surface area contributed by atoms with Crippen molar-refractivity contribution < 1.29 is 24.3 Å². The molecule has 1 N–H and O–H groups in total. The molecule has 0 aromatic heterocycles. The Morgan fingerprint density at radius 1 is 0.837 bits per heavy atom. The van der Waals surface area contributed by atoms with Crippen LogP contribution in [0.2, 0.25) is 0 Å². The Morgan fingerprint density at radius 3 is 2.23 bits per heavy atom. The van der Waals surface area contributed by atoms with Gasteiger partial charge in [0.05, 0.1) is 34.5 Å². The van der Waals surface area contributed by atoms with Gasteiger partial charge in [-0.2, -0.15) is 0 Å². The van der Waals surface area contributed by atoms with E-state index >= 15 is 0 Å². The number of aryl methyl sites for hydroxylation is 1. The number of amides is 4. The number of benzene rings is 3. The Hall–Kier alpha value is -4.78. The second-order valence-corrected chi connectivity index (χ2v) is 12.3. The molecule has 216 valence electrons. The van der Waals surface area contributed by atoms with Crippen molar-refractivity contribution in [2.24, 2.45) is 29.1 Å². The number of phenols is 1. The van der Waals surface area contributed by atoms with Crippen LogP contribution < -0.4 is 9.80 Å². The fraction of sp³-hybridized carbons (Fsp3) is 0.278. The molecule has 0 spiro atoms. The van der Waals surface area contributed by atoms with E-state index in [2.05, 4.69) is 6.58 Å². The normalized spacial score (nSPS) is 29.7. The van der Waals surface area contributed by atoms with Gasteiger partial charge in [-0.15, -0.1) is 0 Å². The zero-order valence-corrected chi connectivity index (χ0v) is 24.1. The first-order chi connectivity index (χ1) is 20.7. The van der Waals surface area contributed by atoms with E-state index in [0.29, 0.717) is 28.9 Å². The highest BCUT2D eigenvalue weighted by Crippen LogP contribution is 2.64. The minimum atomic E-state index is -1.20. The molecule has 3 aromatic carbocycles. The molecule has 4 aliphatic rings. The summed E-state index contributed by atoms with van der Waals surface area (Å²) >= 11 is 0. The Balaban J connectivity index is 1.37. The minimum absolute atomic E-state index is 0.0762. The van der Waals surface area contributed by atoms with Crippen LogP contribution in [-0.4, -0.2) is 28.7 Å². The van der Waals surface area contributed by atoms with E-state index in [1.54, 1.807) is 55.5 Å². The monoisotopic (exact) mass is 572 g/mol. The van der Waals surface area contributed by atoms with Crippen molar-refractivity contribution in [1.29, 1.82) is 0 Å². The highest BCUT2D eigenvalue weighted by atomic mass is 16.3. The summed E-state index contributed by atoms with van der Waals surface area (Å²) in [6.45, 7) is 7.40. The number of allylic oxidation sites excluding steroid dienone is 2. The van der Waals surface area contributed by atoms with Crippen molar-refractivity contribution in [3.63, 3.8) is 0 Å². The molecule has 2 saturated heterocycles. The van der Waals surface area contributed by atoms with Crippen molar-refractivity contribution >= 4 is 41.1 Å².